The average Bonchev–Trinajstić information content (AvgIpc) is 2.17. The molecule has 14 heavy (non-hydrogen) atoms. The number of aromatic nitrogens is 1. The number of methoxy groups -OCH3 is 1. The van der Waals surface area contributed by atoms with E-state index in [-0.39, 0.29) is 11.3 Å². The highest BCUT2D eigenvalue weighted by Crippen LogP contribution is 2.26. The Hall–Kier alpha value is -1.23. The van der Waals surface area contributed by atoms with Gasteiger partial charge in [0.15, 0.2) is 0 Å². The fraction of sp³-hybridized carbons (Fsp3) is 0.444. The molecule has 1 aromatic heterocycles. The zero-order valence-corrected chi connectivity index (χ0v) is 7.92. The Morgan fingerprint density at radius 2 is 2.21 bits per heavy atom. The van der Waals surface area contributed by atoms with E-state index < -0.39 is 13.0 Å². The van der Waals surface area contributed by atoms with Crippen LogP contribution in [0.4, 0.5) is 8.78 Å². The van der Waals surface area contributed by atoms with Gasteiger partial charge in [-0.3, -0.25) is 0 Å². The van der Waals surface area contributed by atoms with Crippen molar-refractivity contribution in [3.63, 3.8) is 0 Å². The summed E-state index contributed by atoms with van der Waals surface area (Å²) >= 11 is 0. The maximum Gasteiger partial charge on any atom is 0.280 e. The Bertz CT molecular complexity index is 329. The van der Waals surface area contributed by atoms with Crippen LogP contribution in [0.5, 0.6) is 5.75 Å². The predicted octanol–water partition coefficient (Wildman–Crippen LogP) is 1.83. The quantitative estimate of drug-likeness (QED) is 0.814. The van der Waals surface area contributed by atoms with Crippen LogP contribution in [0.25, 0.3) is 0 Å². The summed E-state index contributed by atoms with van der Waals surface area (Å²) in [6.45, 7) is 1.11. The van der Waals surface area contributed by atoms with E-state index in [0.717, 1.165) is 0 Å². The lowest BCUT2D eigenvalue weighted by Gasteiger charge is -2.10. The second-order valence-corrected chi connectivity index (χ2v) is 2.78. The highest BCUT2D eigenvalue weighted by Gasteiger charge is 2.16. The number of nitrogens with zero attached hydrogens (tertiary/aromatic N) is 1. The smallest absolute Gasteiger partial charge is 0.280 e. The molecule has 0 aliphatic carbocycles. The van der Waals surface area contributed by atoms with Crippen LogP contribution in [-0.4, -0.2) is 17.2 Å². The summed E-state index contributed by atoms with van der Waals surface area (Å²) in [5.74, 6) is 0.401. The molecule has 78 valence electrons. The number of hydrogen-bond acceptors (Lipinski definition) is 3. The number of hydrogen-bond donors (Lipinski definition) is 1. The molecule has 0 spiro atoms. The van der Waals surface area contributed by atoms with Crippen molar-refractivity contribution < 1.29 is 18.6 Å². The van der Waals surface area contributed by atoms with E-state index in [2.05, 4.69) is 4.98 Å². The Morgan fingerprint density at radius 3 is 2.64 bits per heavy atom. The molecule has 1 aromatic rings. The molecule has 0 fully saturated rings. The molecule has 0 saturated heterocycles. The molecule has 0 radical (unpaired) electrons. The highest BCUT2D eigenvalue weighted by atomic mass is 19.3. The fourth-order valence-electron chi connectivity index (χ4n) is 1.17. The summed E-state index contributed by atoms with van der Waals surface area (Å²) < 4.78 is 29.7. The van der Waals surface area contributed by atoms with E-state index in [1.807, 2.05) is 0 Å². The lowest BCUT2D eigenvalue weighted by atomic mass is 10.1. The molecule has 0 amide bonds. The molecule has 3 nitrogen and oxygen atoms in total. The molecular weight excluding hydrogens is 192 g/mol. The van der Waals surface area contributed by atoms with Crippen LogP contribution in [0.1, 0.15) is 23.4 Å². The van der Waals surface area contributed by atoms with E-state index >= 15 is 0 Å². The zero-order chi connectivity index (χ0) is 10.7. The van der Waals surface area contributed by atoms with Crippen molar-refractivity contribution in [1.82, 2.24) is 4.98 Å². The Morgan fingerprint density at radius 1 is 1.57 bits per heavy atom. The summed E-state index contributed by atoms with van der Waals surface area (Å²) in [4.78, 5) is 3.68. The largest absolute Gasteiger partial charge is 0.495 e. The lowest BCUT2D eigenvalue weighted by Crippen LogP contribution is -2.02. The molecule has 0 bridgehead atoms. The second-order valence-electron chi connectivity index (χ2n) is 2.78. The number of rotatable bonds is 3. The normalized spacial score (nSPS) is 10.7. The minimum atomic E-state index is -2.68. The summed E-state index contributed by atoms with van der Waals surface area (Å²) in [6.07, 6.45) is -2.68. The molecule has 0 saturated carbocycles. The van der Waals surface area contributed by atoms with Gasteiger partial charge in [0.1, 0.15) is 11.4 Å². The second kappa shape index (κ2) is 4.32. The molecular formula is C9H11F2NO2. The molecule has 0 atom stereocenters. The Balaban J connectivity index is 3.24. The number of halogens is 2. The van der Waals surface area contributed by atoms with E-state index in [4.69, 9.17) is 9.84 Å². The van der Waals surface area contributed by atoms with Crippen molar-refractivity contribution in [2.24, 2.45) is 0 Å². The number of aliphatic hydroxyl groups excluding tert-OH is 1. The van der Waals surface area contributed by atoms with Crippen molar-refractivity contribution in [2.75, 3.05) is 7.11 Å². The van der Waals surface area contributed by atoms with E-state index in [1.165, 1.54) is 13.2 Å². The van der Waals surface area contributed by atoms with Crippen molar-refractivity contribution in [2.45, 2.75) is 20.0 Å². The minimum absolute atomic E-state index is 0.0995. The predicted molar refractivity (Wildman–Crippen MR) is 46.4 cm³/mol. The summed E-state index contributed by atoms with van der Waals surface area (Å²) in [6, 6.07) is 1.38. The molecule has 1 N–H and O–H groups in total. The summed E-state index contributed by atoms with van der Waals surface area (Å²) in [5.41, 5.74) is 0.105. The third-order valence-electron chi connectivity index (χ3n) is 1.88. The van der Waals surface area contributed by atoms with Crippen LogP contribution in [0.3, 0.4) is 0 Å². The van der Waals surface area contributed by atoms with E-state index in [1.54, 1.807) is 6.92 Å². The van der Waals surface area contributed by atoms with Crippen LogP contribution in [-0.2, 0) is 6.61 Å². The number of pyridine rings is 1. The number of aliphatic hydroxyl groups is 1. The van der Waals surface area contributed by atoms with Gasteiger partial charge in [-0.1, -0.05) is 0 Å². The molecule has 0 unspecified atom stereocenters. The fourth-order valence-corrected chi connectivity index (χ4v) is 1.17. The van der Waals surface area contributed by atoms with Crippen LogP contribution in [0.15, 0.2) is 6.07 Å². The van der Waals surface area contributed by atoms with Gasteiger partial charge < -0.3 is 9.84 Å². The third kappa shape index (κ3) is 1.98. The maximum absolute atomic E-state index is 12.4. The average molecular weight is 203 g/mol. The molecule has 0 aromatic carbocycles. The lowest BCUT2D eigenvalue weighted by molar-refractivity contribution is 0.141. The summed E-state index contributed by atoms with van der Waals surface area (Å²) in [5, 5.41) is 8.85. The van der Waals surface area contributed by atoms with Crippen LogP contribution < -0.4 is 4.74 Å². The first-order valence-corrected chi connectivity index (χ1v) is 4.03. The monoisotopic (exact) mass is 203 g/mol. The number of ether oxygens (including phenoxy) is 1. The van der Waals surface area contributed by atoms with Gasteiger partial charge in [0, 0.05) is 5.56 Å². The molecule has 0 aliphatic rings. The van der Waals surface area contributed by atoms with E-state index in [9.17, 15) is 8.78 Å². The van der Waals surface area contributed by atoms with E-state index in [0.29, 0.717) is 11.4 Å². The maximum atomic E-state index is 12.4. The molecule has 5 heteroatoms. The SMILES string of the molecule is COc1cc(CO)c(C(F)F)nc1C. The van der Waals surface area contributed by atoms with Crippen molar-refractivity contribution in [1.29, 1.82) is 0 Å². The van der Waals surface area contributed by atoms with Crippen LogP contribution in [0.2, 0.25) is 0 Å². The van der Waals surface area contributed by atoms with Gasteiger partial charge >= 0.3 is 0 Å². The molecule has 1 rings (SSSR count). The number of aryl methyl sites for hydroxylation is 1. The van der Waals surface area contributed by atoms with Gasteiger partial charge in [0.25, 0.3) is 6.43 Å². The third-order valence-corrected chi connectivity index (χ3v) is 1.88. The first-order chi connectivity index (χ1) is 6.60. The van der Waals surface area contributed by atoms with Gasteiger partial charge in [0.05, 0.1) is 19.4 Å². The Labute approximate surface area is 80.3 Å². The van der Waals surface area contributed by atoms with Gasteiger partial charge in [0.2, 0.25) is 0 Å². The first-order valence-electron chi connectivity index (χ1n) is 4.03. The summed E-state index contributed by atoms with van der Waals surface area (Å²) in [7, 11) is 1.42. The van der Waals surface area contributed by atoms with Gasteiger partial charge in [-0.25, -0.2) is 13.8 Å². The topological polar surface area (TPSA) is 42.4 Å². The van der Waals surface area contributed by atoms with Crippen molar-refractivity contribution in [3.8, 4) is 5.75 Å². The molecule has 1 heterocycles. The van der Waals surface area contributed by atoms with Crippen LogP contribution in [0, 0.1) is 6.92 Å². The van der Waals surface area contributed by atoms with Gasteiger partial charge in [-0.2, -0.15) is 0 Å². The van der Waals surface area contributed by atoms with Gasteiger partial charge in [-0.05, 0) is 13.0 Å². The number of alkyl halides is 2. The standard InChI is InChI=1S/C9H11F2NO2/c1-5-7(14-2)3-6(4-13)8(12-5)9(10)11/h3,9,13H,4H2,1-2H3. The van der Waals surface area contributed by atoms with Crippen molar-refractivity contribution >= 4 is 0 Å². The van der Waals surface area contributed by atoms with Crippen molar-refractivity contribution in [3.05, 3.63) is 23.0 Å². The van der Waals surface area contributed by atoms with Gasteiger partial charge in [-0.15, -0.1) is 0 Å². The van der Waals surface area contributed by atoms with Crippen LogP contribution >= 0.6 is 0 Å². The minimum Gasteiger partial charge on any atom is -0.495 e. The molecule has 0 aliphatic heterocycles. The Kier molecular flexibility index (Phi) is 3.35. The zero-order valence-electron chi connectivity index (χ0n) is 7.92. The highest BCUT2D eigenvalue weighted by molar-refractivity contribution is 5.35. The first kappa shape index (κ1) is 10.8.